The van der Waals surface area contributed by atoms with E-state index in [1.165, 1.54) is 0 Å². The molecule has 0 amide bonds. The first-order valence-electron chi connectivity index (χ1n) is 5.35. The van der Waals surface area contributed by atoms with Crippen molar-refractivity contribution >= 4 is 0 Å². The Morgan fingerprint density at radius 2 is 2.00 bits per heavy atom. The maximum absolute atomic E-state index is 9.97. The summed E-state index contributed by atoms with van der Waals surface area (Å²) in [5, 5.41) is 9.97. The molecule has 3 N–H and O–H groups in total. The third-order valence-corrected chi connectivity index (χ3v) is 2.88. The number of hydrogen-bond acceptors (Lipinski definition) is 3. The molecule has 3 nitrogen and oxygen atoms in total. The van der Waals surface area contributed by atoms with Crippen molar-refractivity contribution in [3.63, 3.8) is 0 Å². The average Bonchev–Trinajstić information content (AvgIpc) is 2.99. The minimum atomic E-state index is -0.548. The van der Waals surface area contributed by atoms with Crippen LogP contribution in [0.3, 0.4) is 0 Å². The van der Waals surface area contributed by atoms with Crippen molar-refractivity contribution in [3.8, 4) is 5.75 Å². The van der Waals surface area contributed by atoms with Crippen LogP contribution in [0.5, 0.6) is 5.75 Å². The molecule has 0 bridgehead atoms. The molecule has 3 heteroatoms. The second-order valence-electron chi connectivity index (χ2n) is 4.14. The predicted molar refractivity (Wildman–Crippen MR) is 58.7 cm³/mol. The maximum atomic E-state index is 9.97. The van der Waals surface area contributed by atoms with Gasteiger partial charge in [-0.05, 0) is 37.5 Å². The van der Waals surface area contributed by atoms with Gasteiger partial charge in [-0.25, -0.2) is 0 Å². The smallest absolute Gasteiger partial charge is 0.119 e. The molecule has 1 aliphatic rings. The third kappa shape index (κ3) is 2.13. The summed E-state index contributed by atoms with van der Waals surface area (Å²) in [5.74, 6) is 0.829. The fourth-order valence-corrected chi connectivity index (χ4v) is 1.66. The fourth-order valence-electron chi connectivity index (χ4n) is 1.66. The van der Waals surface area contributed by atoms with Crippen LogP contribution < -0.4 is 10.5 Å². The normalized spacial score (nSPS) is 19.7. The lowest BCUT2D eigenvalue weighted by Crippen LogP contribution is -2.30. The zero-order valence-corrected chi connectivity index (χ0v) is 8.94. The number of aliphatic hydroxyl groups excluding tert-OH is 1. The Balaban J connectivity index is 2.09. The molecule has 1 fully saturated rings. The molecule has 1 unspecified atom stereocenters. The van der Waals surface area contributed by atoms with Crippen LogP contribution >= 0.6 is 0 Å². The lowest BCUT2D eigenvalue weighted by atomic mass is 10.0. The number of ether oxygens (including phenoxy) is 1. The average molecular weight is 207 g/mol. The van der Waals surface area contributed by atoms with Crippen molar-refractivity contribution in [1.29, 1.82) is 0 Å². The molecule has 15 heavy (non-hydrogen) atoms. The predicted octanol–water partition coefficient (Wildman–Crippen LogP) is 1.61. The van der Waals surface area contributed by atoms with Crippen LogP contribution in [0.25, 0.3) is 0 Å². The summed E-state index contributed by atoms with van der Waals surface area (Å²) in [7, 11) is 0. The third-order valence-electron chi connectivity index (χ3n) is 2.88. The van der Waals surface area contributed by atoms with Crippen molar-refractivity contribution in [1.82, 2.24) is 0 Å². The second-order valence-corrected chi connectivity index (χ2v) is 4.14. The monoisotopic (exact) mass is 207 g/mol. The lowest BCUT2D eigenvalue weighted by molar-refractivity contribution is 0.136. The quantitative estimate of drug-likeness (QED) is 0.788. The summed E-state index contributed by atoms with van der Waals surface area (Å²) in [4.78, 5) is 0. The first-order valence-corrected chi connectivity index (χ1v) is 5.35. The Morgan fingerprint density at radius 1 is 1.40 bits per heavy atom. The minimum Gasteiger partial charge on any atom is -0.494 e. The molecule has 1 aromatic rings. The second kappa shape index (κ2) is 3.83. The van der Waals surface area contributed by atoms with Gasteiger partial charge in [0.25, 0.3) is 0 Å². The summed E-state index contributed by atoms with van der Waals surface area (Å²) < 4.78 is 5.33. The first-order chi connectivity index (χ1) is 7.15. The molecule has 1 saturated carbocycles. The molecule has 0 aliphatic heterocycles. The largest absolute Gasteiger partial charge is 0.494 e. The van der Waals surface area contributed by atoms with Crippen LogP contribution in [-0.4, -0.2) is 17.3 Å². The van der Waals surface area contributed by atoms with E-state index in [-0.39, 0.29) is 5.54 Å². The van der Waals surface area contributed by atoms with Crippen molar-refractivity contribution in [3.05, 3.63) is 29.8 Å². The molecule has 0 radical (unpaired) electrons. The van der Waals surface area contributed by atoms with E-state index in [4.69, 9.17) is 10.5 Å². The van der Waals surface area contributed by atoms with Gasteiger partial charge in [0.1, 0.15) is 5.75 Å². The zero-order chi connectivity index (χ0) is 10.9. The van der Waals surface area contributed by atoms with Crippen molar-refractivity contribution < 1.29 is 9.84 Å². The first kappa shape index (κ1) is 10.5. The van der Waals surface area contributed by atoms with Crippen LogP contribution in [0.15, 0.2) is 24.3 Å². The molecular weight excluding hydrogens is 190 g/mol. The molecule has 82 valence electrons. The van der Waals surface area contributed by atoms with Gasteiger partial charge in [-0.15, -0.1) is 0 Å². The minimum absolute atomic E-state index is 0.382. The molecule has 1 atom stereocenters. The van der Waals surface area contributed by atoms with Crippen molar-refractivity contribution in [2.45, 2.75) is 31.4 Å². The highest BCUT2D eigenvalue weighted by molar-refractivity contribution is 5.31. The van der Waals surface area contributed by atoms with E-state index >= 15 is 0 Å². The van der Waals surface area contributed by atoms with Crippen LogP contribution in [0.1, 0.15) is 31.4 Å². The molecule has 0 aromatic heterocycles. The van der Waals surface area contributed by atoms with Gasteiger partial charge in [-0.1, -0.05) is 12.1 Å². The molecule has 2 rings (SSSR count). The topological polar surface area (TPSA) is 55.5 Å². The van der Waals surface area contributed by atoms with E-state index < -0.39 is 6.10 Å². The highest BCUT2D eigenvalue weighted by Crippen LogP contribution is 2.43. The van der Waals surface area contributed by atoms with Gasteiger partial charge >= 0.3 is 0 Å². The summed E-state index contributed by atoms with van der Waals surface area (Å²) in [5.41, 5.74) is 6.43. The highest BCUT2D eigenvalue weighted by Gasteiger charge is 2.45. The van der Waals surface area contributed by atoms with Crippen LogP contribution in [0.4, 0.5) is 0 Å². The summed E-state index contributed by atoms with van der Waals surface area (Å²) in [6.07, 6.45) is 1.26. The van der Waals surface area contributed by atoms with E-state index in [2.05, 4.69) is 0 Å². The molecule has 0 saturated heterocycles. The van der Waals surface area contributed by atoms with E-state index in [1.807, 2.05) is 31.2 Å². The van der Waals surface area contributed by atoms with E-state index in [9.17, 15) is 5.11 Å². The van der Waals surface area contributed by atoms with Crippen molar-refractivity contribution in [2.75, 3.05) is 6.61 Å². The Hall–Kier alpha value is -1.06. The van der Waals surface area contributed by atoms with Gasteiger partial charge < -0.3 is 15.6 Å². The summed E-state index contributed by atoms with van der Waals surface area (Å²) >= 11 is 0. The Kier molecular flexibility index (Phi) is 2.67. The fraction of sp³-hybridized carbons (Fsp3) is 0.500. The molecule has 1 aliphatic carbocycles. The van der Waals surface area contributed by atoms with Gasteiger partial charge in [-0.3, -0.25) is 0 Å². The van der Waals surface area contributed by atoms with E-state index in [1.54, 1.807) is 0 Å². The SMILES string of the molecule is CCOc1ccc(C(O)C2(N)CC2)cc1. The van der Waals surface area contributed by atoms with Crippen LogP contribution in [0.2, 0.25) is 0 Å². The molecule has 0 spiro atoms. The van der Waals surface area contributed by atoms with Gasteiger partial charge in [-0.2, -0.15) is 0 Å². The Morgan fingerprint density at radius 3 is 2.47 bits per heavy atom. The van der Waals surface area contributed by atoms with Crippen molar-refractivity contribution in [2.24, 2.45) is 5.73 Å². The molecule has 0 heterocycles. The lowest BCUT2D eigenvalue weighted by Gasteiger charge is -2.18. The number of aliphatic hydroxyl groups is 1. The maximum Gasteiger partial charge on any atom is 0.119 e. The Bertz CT molecular complexity index is 330. The summed E-state index contributed by atoms with van der Waals surface area (Å²) in [6, 6.07) is 7.49. The van der Waals surface area contributed by atoms with Gasteiger partial charge in [0.2, 0.25) is 0 Å². The number of nitrogens with two attached hydrogens (primary N) is 1. The molecule has 1 aromatic carbocycles. The highest BCUT2D eigenvalue weighted by atomic mass is 16.5. The zero-order valence-electron chi connectivity index (χ0n) is 8.94. The van der Waals surface area contributed by atoms with E-state index in [0.717, 1.165) is 24.2 Å². The Labute approximate surface area is 89.9 Å². The summed E-state index contributed by atoms with van der Waals surface area (Å²) in [6.45, 7) is 2.60. The van der Waals surface area contributed by atoms with Crippen LogP contribution in [-0.2, 0) is 0 Å². The number of benzene rings is 1. The standard InChI is InChI=1S/C12H17NO2/c1-2-15-10-5-3-9(4-6-10)11(14)12(13)7-8-12/h3-6,11,14H,2,7-8,13H2,1H3. The van der Waals surface area contributed by atoms with Gasteiger partial charge in [0, 0.05) is 5.54 Å². The van der Waals surface area contributed by atoms with Crippen LogP contribution in [0, 0.1) is 0 Å². The molecular formula is C12H17NO2. The number of hydrogen-bond donors (Lipinski definition) is 2. The van der Waals surface area contributed by atoms with Gasteiger partial charge in [0.05, 0.1) is 12.7 Å². The number of rotatable bonds is 4. The van der Waals surface area contributed by atoms with E-state index in [0.29, 0.717) is 6.61 Å². The van der Waals surface area contributed by atoms with Gasteiger partial charge in [0.15, 0.2) is 0 Å².